The van der Waals surface area contributed by atoms with Crippen LogP contribution in [0.1, 0.15) is 26.5 Å². The number of benzene rings is 1. The highest BCUT2D eigenvalue weighted by Crippen LogP contribution is 2.26. The minimum Gasteiger partial charge on any atom is -0.495 e. The van der Waals surface area contributed by atoms with E-state index in [1.54, 1.807) is 7.11 Å². The van der Waals surface area contributed by atoms with Gasteiger partial charge in [-0.3, -0.25) is 0 Å². The van der Waals surface area contributed by atoms with E-state index < -0.39 is 0 Å². The second kappa shape index (κ2) is 5.85. The SMILES string of the molecule is COc1cc(-n2ccc(CNC(C)(C)C)n2)ccc1Cl. The van der Waals surface area contributed by atoms with Crippen molar-refractivity contribution in [3.63, 3.8) is 0 Å². The van der Waals surface area contributed by atoms with Crippen LogP contribution in [0.4, 0.5) is 0 Å². The maximum Gasteiger partial charge on any atom is 0.139 e. The van der Waals surface area contributed by atoms with Gasteiger partial charge in [0, 0.05) is 24.3 Å². The summed E-state index contributed by atoms with van der Waals surface area (Å²) in [4.78, 5) is 0. The first-order valence-corrected chi connectivity index (χ1v) is 6.90. The highest BCUT2D eigenvalue weighted by molar-refractivity contribution is 6.32. The molecule has 0 radical (unpaired) electrons. The van der Waals surface area contributed by atoms with Crippen molar-refractivity contribution in [3.8, 4) is 11.4 Å². The number of nitrogens with zero attached hydrogens (tertiary/aromatic N) is 2. The molecular weight excluding hydrogens is 274 g/mol. The van der Waals surface area contributed by atoms with Crippen molar-refractivity contribution in [2.45, 2.75) is 32.9 Å². The molecule has 108 valence electrons. The minimum absolute atomic E-state index is 0.0767. The largest absolute Gasteiger partial charge is 0.495 e. The Kier molecular flexibility index (Phi) is 4.35. The molecule has 0 bridgehead atoms. The van der Waals surface area contributed by atoms with E-state index in [0.29, 0.717) is 10.8 Å². The van der Waals surface area contributed by atoms with Gasteiger partial charge in [-0.05, 0) is 39.0 Å². The zero-order valence-electron chi connectivity index (χ0n) is 12.3. The first kappa shape index (κ1) is 14.9. The van der Waals surface area contributed by atoms with E-state index in [9.17, 15) is 0 Å². The first-order valence-electron chi connectivity index (χ1n) is 6.52. The fourth-order valence-corrected chi connectivity index (χ4v) is 1.94. The average Bonchev–Trinajstić information content (AvgIpc) is 2.85. The number of aromatic nitrogens is 2. The smallest absolute Gasteiger partial charge is 0.139 e. The number of halogens is 1. The Morgan fingerprint density at radius 2 is 2.05 bits per heavy atom. The summed E-state index contributed by atoms with van der Waals surface area (Å²) in [5.41, 5.74) is 2.00. The average molecular weight is 294 g/mol. The summed E-state index contributed by atoms with van der Waals surface area (Å²) in [6.07, 6.45) is 1.93. The molecule has 0 unspecified atom stereocenters. The molecule has 1 aromatic heterocycles. The summed E-state index contributed by atoms with van der Waals surface area (Å²) >= 11 is 6.02. The van der Waals surface area contributed by atoms with E-state index in [1.807, 2.05) is 35.1 Å². The predicted molar refractivity (Wildman–Crippen MR) is 81.7 cm³/mol. The molecule has 5 heteroatoms. The van der Waals surface area contributed by atoms with E-state index >= 15 is 0 Å². The van der Waals surface area contributed by atoms with E-state index in [-0.39, 0.29) is 5.54 Å². The first-order chi connectivity index (χ1) is 9.39. The third-order valence-corrected chi connectivity index (χ3v) is 3.16. The summed E-state index contributed by atoms with van der Waals surface area (Å²) < 4.78 is 7.04. The third kappa shape index (κ3) is 3.74. The van der Waals surface area contributed by atoms with Crippen LogP contribution in [0.5, 0.6) is 5.75 Å². The molecule has 1 aromatic carbocycles. The van der Waals surface area contributed by atoms with Crippen molar-refractivity contribution in [1.29, 1.82) is 0 Å². The van der Waals surface area contributed by atoms with Gasteiger partial charge in [-0.2, -0.15) is 5.10 Å². The lowest BCUT2D eigenvalue weighted by Gasteiger charge is -2.19. The standard InChI is InChI=1S/C15H20ClN3O/c1-15(2,3)17-10-11-7-8-19(18-11)12-5-6-13(16)14(9-12)20-4/h5-9,17H,10H2,1-4H3. The van der Waals surface area contributed by atoms with Gasteiger partial charge in [0.15, 0.2) is 0 Å². The van der Waals surface area contributed by atoms with Crippen molar-refractivity contribution in [2.75, 3.05) is 7.11 Å². The molecule has 2 aromatic rings. The molecule has 0 fully saturated rings. The molecule has 4 nitrogen and oxygen atoms in total. The molecule has 0 atom stereocenters. The van der Waals surface area contributed by atoms with Gasteiger partial charge in [-0.25, -0.2) is 4.68 Å². The summed E-state index contributed by atoms with van der Waals surface area (Å²) in [7, 11) is 1.60. The Balaban J connectivity index is 2.16. The summed E-state index contributed by atoms with van der Waals surface area (Å²) in [5, 5.41) is 8.55. The summed E-state index contributed by atoms with van der Waals surface area (Å²) in [6.45, 7) is 7.14. The Bertz CT molecular complexity index is 587. The number of ether oxygens (including phenoxy) is 1. The molecule has 0 saturated carbocycles. The maximum atomic E-state index is 6.02. The molecule has 0 aliphatic carbocycles. The van der Waals surface area contributed by atoms with Crippen molar-refractivity contribution >= 4 is 11.6 Å². The molecule has 0 amide bonds. The number of hydrogen-bond donors (Lipinski definition) is 1. The van der Waals surface area contributed by atoms with E-state index in [4.69, 9.17) is 16.3 Å². The van der Waals surface area contributed by atoms with Crippen LogP contribution in [0.25, 0.3) is 5.69 Å². The van der Waals surface area contributed by atoms with Crippen LogP contribution in [-0.2, 0) is 6.54 Å². The van der Waals surface area contributed by atoms with E-state index in [1.165, 1.54) is 0 Å². The summed E-state index contributed by atoms with van der Waals surface area (Å²) in [6, 6.07) is 7.60. The van der Waals surface area contributed by atoms with Crippen LogP contribution in [0.3, 0.4) is 0 Å². The number of hydrogen-bond acceptors (Lipinski definition) is 3. The van der Waals surface area contributed by atoms with Crippen LogP contribution in [0, 0.1) is 0 Å². The lowest BCUT2D eigenvalue weighted by molar-refractivity contribution is 0.414. The van der Waals surface area contributed by atoms with Crippen LogP contribution in [-0.4, -0.2) is 22.4 Å². The van der Waals surface area contributed by atoms with Crippen molar-refractivity contribution in [3.05, 3.63) is 41.2 Å². The lowest BCUT2D eigenvalue weighted by Crippen LogP contribution is -2.35. The normalized spacial score (nSPS) is 11.7. The maximum absolute atomic E-state index is 6.02. The molecule has 20 heavy (non-hydrogen) atoms. The van der Waals surface area contributed by atoms with Gasteiger partial charge < -0.3 is 10.1 Å². The Morgan fingerprint density at radius 3 is 2.70 bits per heavy atom. The quantitative estimate of drug-likeness (QED) is 0.939. The van der Waals surface area contributed by atoms with Crippen molar-refractivity contribution in [2.24, 2.45) is 0 Å². The predicted octanol–water partition coefficient (Wildman–Crippen LogP) is 3.42. The van der Waals surface area contributed by atoms with E-state index in [0.717, 1.165) is 17.9 Å². The number of methoxy groups -OCH3 is 1. The summed E-state index contributed by atoms with van der Waals surface area (Å²) in [5.74, 6) is 0.647. The second-order valence-electron chi connectivity index (χ2n) is 5.67. The molecule has 2 rings (SSSR count). The molecule has 0 aliphatic heterocycles. The van der Waals surface area contributed by atoms with Crippen LogP contribution < -0.4 is 10.1 Å². The van der Waals surface area contributed by atoms with Gasteiger partial charge in [0.2, 0.25) is 0 Å². The van der Waals surface area contributed by atoms with Gasteiger partial charge >= 0.3 is 0 Å². The van der Waals surface area contributed by atoms with E-state index in [2.05, 4.69) is 31.2 Å². The highest BCUT2D eigenvalue weighted by Gasteiger charge is 2.10. The molecule has 1 N–H and O–H groups in total. The monoisotopic (exact) mass is 293 g/mol. The zero-order chi connectivity index (χ0) is 14.8. The van der Waals surface area contributed by atoms with Gasteiger partial charge in [-0.1, -0.05) is 11.6 Å². The number of rotatable bonds is 4. The van der Waals surface area contributed by atoms with Gasteiger partial charge in [0.05, 0.1) is 23.5 Å². The molecule has 0 saturated heterocycles. The molecule has 0 aliphatic rings. The van der Waals surface area contributed by atoms with Gasteiger partial charge in [0.25, 0.3) is 0 Å². The highest BCUT2D eigenvalue weighted by atomic mass is 35.5. The fraction of sp³-hybridized carbons (Fsp3) is 0.400. The van der Waals surface area contributed by atoms with Crippen LogP contribution in [0.15, 0.2) is 30.5 Å². The number of nitrogens with one attached hydrogen (secondary N) is 1. The molecule has 0 spiro atoms. The van der Waals surface area contributed by atoms with Crippen molar-refractivity contribution in [1.82, 2.24) is 15.1 Å². The Morgan fingerprint density at radius 1 is 1.30 bits per heavy atom. The Hall–Kier alpha value is -1.52. The topological polar surface area (TPSA) is 39.1 Å². The minimum atomic E-state index is 0.0767. The van der Waals surface area contributed by atoms with Gasteiger partial charge in [0.1, 0.15) is 5.75 Å². The third-order valence-electron chi connectivity index (χ3n) is 2.84. The van der Waals surface area contributed by atoms with Crippen molar-refractivity contribution < 1.29 is 4.74 Å². The van der Waals surface area contributed by atoms with Crippen LogP contribution in [0.2, 0.25) is 5.02 Å². The molecular formula is C15H20ClN3O. The Labute approximate surface area is 124 Å². The van der Waals surface area contributed by atoms with Crippen LogP contribution >= 0.6 is 11.6 Å². The van der Waals surface area contributed by atoms with Gasteiger partial charge in [-0.15, -0.1) is 0 Å². The molecule has 1 heterocycles. The fourth-order valence-electron chi connectivity index (χ4n) is 1.75. The second-order valence-corrected chi connectivity index (χ2v) is 6.08. The zero-order valence-corrected chi connectivity index (χ0v) is 13.0. The lowest BCUT2D eigenvalue weighted by atomic mass is 10.1.